The van der Waals surface area contributed by atoms with Crippen molar-refractivity contribution in [3.63, 3.8) is 0 Å². The van der Waals surface area contributed by atoms with Gasteiger partial charge in [-0.15, -0.1) is 0 Å². The highest BCUT2D eigenvalue weighted by Crippen LogP contribution is 2.43. The van der Waals surface area contributed by atoms with Crippen molar-refractivity contribution in [3.05, 3.63) is 107 Å². The molecule has 0 aliphatic heterocycles. The third-order valence-electron chi connectivity index (χ3n) is 5.28. The zero-order valence-corrected chi connectivity index (χ0v) is 19.0. The number of aromatic nitrogens is 1. The molecule has 4 aromatic rings. The Morgan fingerprint density at radius 2 is 1.59 bits per heavy atom. The molecular formula is C25H17BrF3N2O3. The molecule has 0 aliphatic rings. The summed E-state index contributed by atoms with van der Waals surface area (Å²) in [6.45, 7) is 4.07. The van der Waals surface area contributed by atoms with Crippen molar-refractivity contribution < 1.29 is 27.6 Å². The Bertz CT molecular complexity index is 1320. The summed E-state index contributed by atoms with van der Waals surface area (Å²) >= 11 is 3.36. The molecule has 9 heteroatoms. The van der Waals surface area contributed by atoms with Crippen molar-refractivity contribution in [1.82, 2.24) is 10.5 Å². The Labute approximate surface area is 201 Å². The summed E-state index contributed by atoms with van der Waals surface area (Å²) in [5.74, 6) is 0.174. The van der Waals surface area contributed by atoms with Crippen LogP contribution in [0.1, 0.15) is 16.7 Å². The minimum absolute atomic E-state index is 0.0246. The first-order valence-corrected chi connectivity index (χ1v) is 10.7. The van der Waals surface area contributed by atoms with Crippen LogP contribution in [-0.2, 0) is 11.7 Å². The minimum Gasteiger partial charge on any atom is -0.465 e. The highest BCUT2D eigenvalue weighted by molar-refractivity contribution is 9.10. The van der Waals surface area contributed by atoms with E-state index in [1.165, 1.54) is 12.1 Å². The molecule has 5 nitrogen and oxygen atoms in total. The fraction of sp³-hybridized carbons (Fsp3) is 0.0800. The molecule has 0 bridgehead atoms. The molecule has 0 saturated heterocycles. The van der Waals surface area contributed by atoms with Crippen LogP contribution >= 0.6 is 15.9 Å². The van der Waals surface area contributed by atoms with E-state index in [-0.39, 0.29) is 22.6 Å². The van der Waals surface area contributed by atoms with Crippen molar-refractivity contribution in [3.8, 4) is 22.6 Å². The monoisotopic (exact) mass is 529 g/mol. The van der Waals surface area contributed by atoms with Crippen LogP contribution in [0.5, 0.6) is 0 Å². The van der Waals surface area contributed by atoms with Gasteiger partial charge in [-0.1, -0.05) is 75.7 Å². The number of alkyl halides is 3. The Hall–Kier alpha value is -3.59. The van der Waals surface area contributed by atoms with Gasteiger partial charge in [-0.05, 0) is 36.8 Å². The predicted octanol–water partition coefficient (Wildman–Crippen LogP) is 7.14. The first-order chi connectivity index (χ1) is 16.1. The van der Waals surface area contributed by atoms with E-state index in [2.05, 4.69) is 33.3 Å². The van der Waals surface area contributed by atoms with Crippen LogP contribution < -0.4 is 5.32 Å². The molecule has 0 fully saturated rings. The van der Waals surface area contributed by atoms with Crippen LogP contribution in [0.25, 0.3) is 22.6 Å². The molecule has 1 radical (unpaired) electrons. The average Bonchev–Trinajstić information content (AvgIpc) is 3.25. The van der Waals surface area contributed by atoms with Crippen molar-refractivity contribution in [1.29, 1.82) is 0 Å². The largest absolute Gasteiger partial charge is 0.465 e. The zero-order valence-electron chi connectivity index (χ0n) is 17.4. The van der Waals surface area contributed by atoms with Gasteiger partial charge in [0, 0.05) is 15.6 Å². The number of halogens is 4. The summed E-state index contributed by atoms with van der Waals surface area (Å²) in [4.78, 5) is 11.9. The molecule has 1 unspecified atom stereocenters. The number of hydrogen-bond donors (Lipinski definition) is 2. The maximum absolute atomic E-state index is 13.5. The SMILES string of the molecule is [CH2]C(NC(=O)O)(c1cccc(C(F)(F)F)c1)c1c(-c2ccccc2)noc1-c1ccc(Br)cc1. The molecule has 2 N–H and O–H groups in total. The number of carbonyl (C=O) groups is 1. The molecule has 34 heavy (non-hydrogen) atoms. The third kappa shape index (κ3) is 4.56. The molecular weight excluding hydrogens is 513 g/mol. The Morgan fingerprint density at radius 1 is 0.941 bits per heavy atom. The average molecular weight is 530 g/mol. The van der Waals surface area contributed by atoms with Crippen molar-refractivity contribution in [2.24, 2.45) is 0 Å². The molecule has 1 heterocycles. The van der Waals surface area contributed by atoms with E-state index in [9.17, 15) is 23.1 Å². The third-order valence-corrected chi connectivity index (χ3v) is 5.80. The summed E-state index contributed by atoms with van der Waals surface area (Å²) in [6.07, 6.45) is -6.11. The second kappa shape index (κ2) is 8.98. The number of nitrogens with zero attached hydrogens (tertiary/aromatic N) is 1. The number of amides is 1. The van der Waals surface area contributed by atoms with E-state index in [1.54, 1.807) is 54.6 Å². The summed E-state index contributed by atoms with van der Waals surface area (Å²) in [7, 11) is 0. The van der Waals surface area contributed by atoms with Gasteiger partial charge in [0.15, 0.2) is 5.76 Å². The van der Waals surface area contributed by atoms with Crippen LogP contribution in [0.3, 0.4) is 0 Å². The highest BCUT2D eigenvalue weighted by Gasteiger charge is 2.41. The normalized spacial score (nSPS) is 13.3. The van der Waals surface area contributed by atoms with E-state index < -0.39 is 23.4 Å². The molecule has 0 aliphatic carbocycles. The molecule has 0 spiro atoms. The molecule has 173 valence electrons. The Morgan fingerprint density at radius 3 is 2.21 bits per heavy atom. The van der Waals surface area contributed by atoms with E-state index in [4.69, 9.17) is 4.52 Å². The summed E-state index contributed by atoms with van der Waals surface area (Å²) < 4.78 is 46.9. The Kier molecular flexibility index (Phi) is 6.22. The lowest BCUT2D eigenvalue weighted by atomic mass is 9.80. The second-order valence-electron chi connectivity index (χ2n) is 7.52. The smallest absolute Gasteiger partial charge is 0.416 e. The van der Waals surface area contributed by atoms with E-state index in [0.717, 1.165) is 16.6 Å². The minimum atomic E-state index is -4.63. The maximum atomic E-state index is 13.5. The first-order valence-electron chi connectivity index (χ1n) is 9.95. The van der Waals surface area contributed by atoms with E-state index in [1.807, 2.05) is 0 Å². The van der Waals surface area contributed by atoms with Crippen LogP contribution in [-0.4, -0.2) is 16.4 Å². The summed E-state index contributed by atoms with van der Waals surface area (Å²) in [5.41, 5.74) is -1.29. The fourth-order valence-electron chi connectivity index (χ4n) is 3.70. The zero-order chi connectivity index (χ0) is 24.5. The van der Waals surface area contributed by atoms with Gasteiger partial charge >= 0.3 is 12.3 Å². The predicted molar refractivity (Wildman–Crippen MR) is 124 cm³/mol. The van der Waals surface area contributed by atoms with Gasteiger partial charge in [0.2, 0.25) is 0 Å². The van der Waals surface area contributed by atoms with Gasteiger partial charge in [0.25, 0.3) is 0 Å². The van der Waals surface area contributed by atoms with Crippen LogP contribution in [0, 0.1) is 6.92 Å². The summed E-state index contributed by atoms with van der Waals surface area (Å²) in [5, 5.41) is 16.2. The van der Waals surface area contributed by atoms with Crippen LogP contribution in [0.15, 0.2) is 87.9 Å². The molecule has 1 aromatic heterocycles. The summed E-state index contributed by atoms with van der Waals surface area (Å²) in [6, 6.07) is 20.1. The van der Waals surface area contributed by atoms with Crippen molar-refractivity contribution in [2.45, 2.75) is 11.7 Å². The van der Waals surface area contributed by atoms with Gasteiger partial charge in [-0.25, -0.2) is 4.79 Å². The quantitative estimate of drug-likeness (QED) is 0.288. The number of hydrogen-bond acceptors (Lipinski definition) is 3. The van der Waals surface area contributed by atoms with E-state index >= 15 is 0 Å². The van der Waals surface area contributed by atoms with Gasteiger partial charge in [0.1, 0.15) is 5.69 Å². The standard InChI is InChI=1S/C25H17BrF3N2O3/c1-24(30-23(32)33,17-8-5-9-18(14-17)25(27,28)29)20-21(15-6-3-2-4-7-15)31-34-22(20)16-10-12-19(26)13-11-16/h2-14,30H,1H2,(H,32,33). The number of nitrogens with one attached hydrogen (secondary N) is 1. The van der Waals surface area contributed by atoms with Gasteiger partial charge in [-0.2, -0.15) is 13.2 Å². The van der Waals surface area contributed by atoms with Crippen LogP contribution in [0.4, 0.5) is 18.0 Å². The van der Waals surface area contributed by atoms with E-state index in [0.29, 0.717) is 11.1 Å². The molecule has 4 rings (SSSR count). The Balaban J connectivity index is 2.04. The molecule has 3 aromatic carbocycles. The number of benzene rings is 3. The van der Waals surface area contributed by atoms with Gasteiger partial charge in [-0.3, -0.25) is 0 Å². The first kappa shape index (κ1) is 23.6. The molecule has 1 amide bonds. The molecule has 1 atom stereocenters. The van der Waals surface area contributed by atoms with Gasteiger partial charge in [0.05, 0.1) is 16.7 Å². The number of carboxylic acid groups (broad SMARTS) is 1. The topological polar surface area (TPSA) is 75.4 Å². The lowest BCUT2D eigenvalue weighted by molar-refractivity contribution is -0.137. The molecule has 0 saturated carbocycles. The van der Waals surface area contributed by atoms with Gasteiger partial charge < -0.3 is 14.9 Å². The van der Waals surface area contributed by atoms with Crippen LogP contribution in [0.2, 0.25) is 0 Å². The second-order valence-corrected chi connectivity index (χ2v) is 8.44. The maximum Gasteiger partial charge on any atom is 0.416 e. The lowest BCUT2D eigenvalue weighted by Gasteiger charge is -2.31. The lowest BCUT2D eigenvalue weighted by Crippen LogP contribution is -2.44. The highest BCUT2D eigenvalue weighted by atomic mass is 79.9. The fourth-order valence-corrected chi connectivity index (χ4v) is 3.96. The van der Waals surface area contributed by atoms with Crippen molar-refractivity contribution >= 4 is 22.0 Å². The number of rotatable bonds is 5. The van der Waals surface area contributed by atoms with Crippen molar-refractivity contribution in [2.75, 3.05) is 0 Å².